The highest BCUT2D eigenvalue weighted by molar-refractivity contribution is 7.09. The number of hydrogen-bond acceptors (Lipinski definition) is 3. The van der Waals surface area contributed by atoms with Crippen LogP contribution < -0.4 is 5.32 Å². The summed E-state index contributed by atoms with van der Waals surface area (Å²) in [6.45, 7) is 3.03. The summed E-state index contributed by atoms with van der Waals surface area (Å²) in [6, 6.07) is 0.726. The smallest absolute Gasteiger partial charge is 0.107 e. The van der Waals surface area contributed by atoms with Gasteiger partial charge in [0.1, 0.15) is 5.01 Å². The van der Waals surface area contributed by atoms with Gasteiger partial charge in [0.25, 0.3) is 0 Å². The van der Waals surface area contributed by atoms with Crippen molar-refractivity contribution in [3.63, 3.8) is 0 Å². The zero-order valence-corrected chi connectivity index (χ0v) is 11.0. The Kier molecular flexibility index (Phi) is 4.79. The Bertz CT molecular complexity index is 301. The maximum atomic E-state index is 4.49. The first-order chi connectivity index (χ1) is 7.84. The lowest BCUT2D eigenvalue weighted by atomic mass is 9.97. The molecule has 1 saturated carbocycles. The van der Waals surface area contributed by atoms with Crippen molar-refractivity contribution < 1.29 is 0 Å². The van der Waals surface area contributed by atoms with Gasteiger partial charge in [-0.15, -0.1) is 11.3 Å². The molecule has 1 N–H and O–H groups in total. The molecular formula is C13H22N2S. The van der Waals surface area contributed by atoms with Gasteiger partial charge < -0.3 is 5.32 Å². The lowest BCUT2D eigenvalue weighted by Gasteiger charge is -2.20. The standard InChI is InChI=1S/C13H22N2S/c1-11-10-16-13(15-11)9-14-12-7-5-3-2-4-6-8-12/h10,12,14H,2-9H2,1H3. The summed E-state index contributed by atoms with van der Waals surface area (Å²) in [4.78, 5) is 4.49. The fourth-order valence-electron chi connectivity index (χ4n) is 2.38. The summed E-state index contributed by atoms with van der Waals surface area (Å²) in [7, 11) is 0. The number of hydrogen-bond donors (Lipinski definition) is 1. The van der Waals surface area contributed by atoms with Crippen LogP contribution in [-0.2, 0) is 6.54 Å². The maximum Gasteiger partial charge on any atom is 0.107 e. The molecule has 0 aliphatic heterocycles. The van der Waals surface area contributed by atoms with Crippen LogP contribution in [0.5, 0.6) is 0 Å². The van der Waals surface area contributed by atoms with Gasteiger partial charge in [-0.2, -0.15) is 0 Å². The first kappa shape index (κ1) is 12.1. The van der Waals surface area contributed by atoms with Gasteiger partial charge in [0, 0.05) is 23.7 Å². The van der Waals surface area contributed by atoms with Crippen LogP contribution in [0, 0.1) is 6.92 Å². The van der Waals surface area contributed by atoms with E-state index in [0.717, 1.165) is 18.3 Å². The zero-order valence-electron chi connectivity index (χ0n) is 10.2. The highest BCUT2D eigenvalue weighted by Crippen LogP contribution is 2.18. The highest BCUT2D eigenvalue weighted by Gasteiger charge is 2.11. The molecule has 0 radical (unpaired) electrons. The van der Waals surface area contributed by atoms with Gasteiger partial charge in [0.05, 0.1) is 0 Å². The van der Waals surface area contributed by atoms with Crippen LogP contribution in [0.25, 0.3) is 0 Å². The number of nitrogens with one attached hydrogen (secondary N) is 1. The van der Waals surface area contributed by atoms with E-state index >= 15 is 0 Å². The summed E-state index contributed by atoms with van der Waals surface area (Å²) in [5.41, 5.74) is 1.15. The molecule has 1 aliphatic carbocycles. The van der Waals surface area contributed by atoms with Crippen LogP contribution in [0.3, 0.4) is 0 Å². The summed E-state index contributed by atoms with van der Waals surface area (Å²) in [5, 5.41) is 7.04. The number of aryl methyl sites for hydroxylation is 1. The SMILES string of the molecule is Cc1csc(CNC2CCCCCCC2)n1. The van der Waals surface area contributed by atoms with E-state index in [-0.39, 0.29) is 0 Å². The van der Waals surface area contributed by atoms with Gasteiger partial charge in [0.2, 0.25) is 0 Å². The Morgan fingerprint density at radius 3 is 2.56 bits per heavy atom. The van der Waals surface area contributed by atoms with E-state index in [1.54, 1.807) is 11.3 Å². The molecule has 3 heteroatoms. The van der Waals surface area contributed by atoms with E-state index in [4.69, 9.17) is 0 Å². The van der Waals surface area contributed by atoms with Crippen LogP contribution in [0.1, 0.15) is 55.6 Å². The van der Waals surface area contributed by atoms with Crippen molar-refractivity contribution in [1.82, 2.24) is 10.3 Å². The average Bonchev–Trinajstić information content (AvgIpc) is 2.63. The minimum absolute atomic E-state index is 0.726. The van der Waals surface area contributed by atoms with E-state index in [0.29, 0.717) is 0 Å². The van der Waals surface area contributed by atoms with E-state index < -0.39 is 0 Å². The summed E-state index contributed by atoms with van der Waals surface area (Å²) >= 11 is 1.77. The molecule has 1 fully saturated rings. The van der Waals surface area contributed by atoms with Gasteiger partial charge in [-0.25, -0.2) is 4.98 Å². The predicted octanol–water partition coefficient (Wildman–Crippen LogP) is 3.65. The molecule has 1 aromatic heterocycles. The largest absolute Gasteiger partial charge is 0.308 e. The average molecular weight is 238 g/mol. The molecule has 90 valence electrons. The van der Waals surface area contributed by atoms with E-state index in [1.807, 2.05) is 0 Å². The monoisotopic (exact) mass is 238 g/mol. The van der Waals surface area contributed by atoms with E-state index in [1.165, 1.54) is 50.0 Å². The van der Waals surface area contributed by atoms with Crippen LogP contribution >= 0.6 is 11.3 Å². The molecule has 0 aromatic carbocycles. The number of thiazole rings is 1. The third-order valence-corrected chi connectivity index (χ3v) is 4.28. The van der Waals surface area contributed by atoms with Crippen molar-refractivity contribution in [2.24, 2.45) is 0 Å². The second kappa shape index (κ2) is 6.36. The lowest BCUT2D eigenvalue weighted by Crippen LogP contribution is -2.29. The molecule has 2 rings (SSSR count). The van der Waals surface area contributed by atoms with Crippen LogP contribution in [0.15, 0.2) is 5.38 Å². The minimum atomic E-state index is 0.726. The number of rotatable bonds is 3. The topological polar surface area (TPSA) is 24.9 Å². The minimum Gasteiger partial charge on any atom is -0.308 e. The Hall–Kier alpha value is -0.410. The molecular weight excluding hydrogens is 216 g/mol. The third kappa shape index (κ3) is 3.87. The Labute approximate surface area is 102 Å². The van der Waals surface area contributed by atoms with Crippen LogP contribution in [0.4, 0.5) is 0 Å². The van der Waals surface area contributed by atoms with Crippen molar-refractivity contribution in [3.05, 3.63) is 16.1 Å². The predicted molar refractivity (Wildman–Crippen MR) is 69.8 cm³/mol. The summed E-state index contributed by atoms with van der Waals surface area (Å²) < 4.78 is 0. The van der Waals surface area contributed by atoms with Gasteiger partial charge in [-0.1, -0.05) is 32.1 Å². The van der Waals surface area contributed by atoms with Crippen molar-refractivity contribution in [2.75, 3.05) is 0 Å². The second-order valence-corrected chi connectivity index (χ2v) is 5.75. The summed E-state index contributed by atoms with van der Waals surface area (Å²) in [5.74, 6) is 0. The molecule has 0 spiro atoms. The van der Waals surface area contributed by atoms with Crippen LogP contribution in [0.2, 0.25) is 0 Å². The van der Waals surface area contributed by atoms with Crippen molar-refractivity contribution in [1.29, 1.82) is 0 Å². The fourth-order valence-corrected chi connectivity index (χ4v) is 3.10. The molecule has 0 saturated heterocycles. The van der Waals surface area contributed by atoms with E-state index in [9.17, 15) is 0 Å². The second-order valence-electron chi connectivity index (χ2n) is 4.81. The Morgan fingerprint density at radius 2 is 1.94 bits per heavy atom. The molecule has 1 heterocycles. The van der Waals surface area contributed by atoms with Gasteiger partial charge in [0.15, 0.2) is 0 Å². The first-order valence-electron chi connectivity index (χ1n) is 6.49. The molecule has 2 nitrogen and oxygen atoms in total. The molecule has 0 amide bonds. The van der Waals surface area contributed by atoms with Crippen LogP contribution in [-0.4, -0.2) is 11.0 Å². The molecule has 0 unspecified atom stereocenters. The van der Waals surface area contributed by atoms with Gasteiger partial charge >= 0.3 is 0 Å². The summed E-state index contributed by atoms with van der Waals surface area (Å²) in [6.07, 6.45) is 9.79. The third-order valence-electron chi connectivity index (χ3n) is 3.31. The molecule has 0 bridgehead atoms. The van der Waals surface area contributed by atoms with Crippen molar-refractivity contribution >= 4 is 11.3 Å². The quantitative estimate of drug-likeness (QED) is 0.869. The normalized spacial score (nSPS) is 19.3. The zero-order chi connectivity index (χ0) is 11.2. The van der Waals surface area contributed by atoms with Crippen molar-refractivity contribution in [2.45, 2.75) is 64.5 Å². The molecule has 1 aromatic rings. The number of aromatic nitrogens is 1. The molecule has 16 heavy (non-hydrogen) atoms. The molecule has 0 atom stereocenters. The van der Waals surface area contributed by atoms with Gasteiger partial charge in [-0.05, 0) is 19.8 Å². The first-order valence-corrected chi connectivity index (χ1v) is 7.37. The van der Waals surface area contributed by atoms with Gasteiger partial charge in [-0.3, -0.25) is 0 Å². The fraction of sp³-hybridized carbons (Fsp3) is 0.769. The van der Waals surface area contributed by atoms with E-state index in [2.05, 4.69) is 22.6 Å². The molecule has 1 aliphatic rings. The number of nitrogens with zero attached hydrogens (tertiary/aromatic N) is 1. The maximum absolute atomic E-state index is 4.49. The Morgan fingerprint density at radius 1 is 1.25 bits per heavy atom. The lowest BCUT2D eigenvalue weighted by molar-refractivity contribution is 0.388. The highest BCUT2D eigenvalue weighted by atomic mass is 32.1. The Balaban J connectivity index is 1.75. The van der Waals surface area contributed by atoms with Crippen molar-refractivity contribution in [3.8, 4) is 0 Å².